The summed E-state index contributed by atoms with van der Waals surface area (Å²) in [4.78, 5) is 15.6. The minimum absolute atomic E-state index is 0.00559. The Morgan fingerprint density at radius 3 is 2.62 bits per heavy atom. The fourth-order valence-electron chi connectivity index (χ4n) is 2.12. The molecule has 1 unspecified atom stereocenters. The van der Waals surface area contributed by atoms with Crippen LogP contribution in [0.2, 0.25) is 0 Å². The predicted octanol–water partition coefficient (Wildman–Crippen LogP) is 3.86. The van der Waals surface area contributed by atoms with Crippen LogP contribution in [0.25, 0.3) is 0 Å². The predicted molar refractivity (Wildman–Crippen MR) is 94.1 cm³/mol. The minimum atomic E-state index is -4.62. The van der Waals surface area contributed by atoms with Crippen LogP contribution >= 0.6 is 0 Å². The van der Waals surface area contributed by atoms with Crippen molar-refractivity contribution in [1.82, 2.24) is 4.98 Å². The second-order valence-corrected chi connectivity index (χ2v) is 6.82. The number of carbonyl (C=O) groups excluding carboxylic acids is 1. The lowest BCUT2D eigenvalue weighted by atomic mass is 9.96. The summed E-state index contributed by atoms with van der Waals surface area (Å²) < 4.78 is 60.8. The highest BCUT2D eigenvalue weighted by molar-refractivity contribution is 7.90. The third-order valence-corrected chi connectivity index (χ3v) is 4.53. The van der Waals surface area contributed by atoms with Gasteiger partial charge in [-0.25, -0.2) is 0 Å². The summed E-state index contributed by atoms with van der Waals surface area (Å²) in [5.74, 6) is -2.64. The Bertz CT molecular complexity index is 582. The van der Waals surface area contributed by atoms with E-state index in [1.165, 1.54) is 19.2 Å². The number of aromatic nitrogens is 1. The first kappa shape index (κ1) is 22.4. The topological polar surface area (TPSA) is 74.6 Å². The molecule has 0 bridgehead atoms. The number of rotatable bonds is 10. The van der Waals surface area contributed by atoms with Crippen molar-refractivity contribution >= 4 is 23.0 Å². The van der Waals surface area contributed by atoms with Gasteiger partial charge in [0.2, 0.25) is 0 Å². The molecule has 1 aromatic heterocycles. The summed E-state index contributed by atoms with van der Waals surface area (Å²) in [6.07, 6.45) is -3.14. The molecule has 0 aromatic carbocycles. The Kier molecular flexibility index (Phi) is 9.64. The van der Waals surface area contributed by atoms with Crippen LogP contribution in [0.1, 0.15) is 45.2 Å². The second kappa shape index (κ2) is 11.2. The normalized spacial score (nSPS) is 14.8. The van der Waals surface area contributed by atoms with Crippen molar-refractivity contribution in [2.24, 2.45) is 10.3 Å². The van der Waals surface area contributed by atoms with E-state index in [1.807, 2.05) is 6.92 Å². The van der Waals surface area contributed by atoms with Crippen molar-refractivity contribution in [3.8, 4) is 0 Å². The van der Waals surface area contributed by atoms with E-state index in [4.69, 9.17) is 0 Å². The average Bonchev–Trinajstić information content (AvgIpc) is 2.58. The molecule has 1 heterocycles. The van der Waals surface area contributed by atoms with Gasteiger partial charge in [0.25, 0.3) is 0 Å². The smallest absolute Gasteiger partial charge is 0.392 e. The Morgan fingerprint density at radius 1 is 1.35 bits per heavy atom. The van der Waals surface area contributed by atoms with Crippen molar-refractivity contribution < 1.29 is 27.3 Å². The number of pyridine rings is 1. The molecule has 0 N–H and O–H groups in total. The number of unbranched alkanes of at least 4 members (excludes halogenated alkanes) is 1. The van der Waals surface area contributed by atoms with Crippen LogP contribution < -0.4 is 0 Å². The number of carbonyl (C=O) groups is 1. The summed E-state index contributed by atoms with van der Waals surface area (Å²) in [5.41, 5.74) is 0.196. The number of nitrogens with zero attached hydrogens (tertiary/aromatic N) is 2. The zero-order valence-corrected chi connectivity index (χ0v) is 15.6. The summed E-state index contributed by atoms with van der Waals surface area (Å²) in [6, 6.07) is 4.74. The number of ether oxygens (including phenoxy) is 1. The van der Waals surface area contributed by atoms with Gasteiger partial charge in [-0.3, -0.25) is 9.78 Å². The minimum Gasteiger partial charge on any atom is -0.591 e. The molecule has 0 saturated heterocycles. The Labute approximate surface area is 154 Å². The molecule has 146 valence electrons. The van der Waals surface area contributed by atoms with Gasteiger partial charge in [0, 0.05) is 12.6 Å². The van der Waals surface area contributed by atoms with E-state index in [2.05, 4.69) is 14.1 Å². The molecule has 0 fully saturated rings. The standard InChI is InChI=1S/C17H23F3N2O3S/c1-3-5-10-26(24)22-15(14-8-6-7-9-21-14)11-13(17(18,19)20)12-16(23)25-4-2/h6-9,13H,3-5,10-12H2,1-2H3/b22-15-/t13-,26?/m0/s1. The van der Waals surface area contributed by atoms with E-state index in [0.717, 1.165) is 6.42 Å². The fourth-order valence-corrected chi connectivity index (χ4v) is 3.16. The van der Waals surface area contributed by atoms with Crippen molar-refractivity contribution in [2.45, 2.75) is 45.7 Å². The quantitative estimate of drug-likeness (QED) is 0.344. The Morgan fingerprint density at radius 2 is 2.08 bits per heavy atom. The molecule has 0 aliphatic rings. The molecule has 0 aliphatic heterocycles. The number of hydrogen-bond acceptors (Lipinski definition) is 5. The highest BCUT2D eigenvalue weighted by Crippen LogP contribution is 2.33. The van der Waals surface area contributed by atoms with Crippen LogP contribution in [0.4, 0.5) is 13.2 Å². The van der Waals surface area contributed by atoms with Crippen molar-refractivity contribution in [3.63, 3.8) is 0 Å². The second-order valence-electron chi connectivity index (χ2n) is 5.58. The summed E-state index contributed by atoms with van der Waals surface area (Å²) in [5, 5.41) is 0. The average molecular weight is 392 g/mol. The van der Waals surface area contributed by atoms with Gasteiger partial charge in [0.05, 0.1) is 36.0 Å². The number of esters is 1. The Balaban J connectivity index is 3.07. The maximum absolute atomic E-state index is 13.4. The number of alkyl halides is 3. The Hall–Kier alpha value is -1.61. The lowest BCUT2D eigenvalue weighted by Crippen LogP contribution is -2.29. The van der Waals surface area contributed by atoms with Crippen LogP contribution in [-0.2, 0) is 20.9 Å². The lowest BCUT2D eigenvalue weighted by Gasteiger charge is -2.20. The van der Waals surface area contributed by atoms with Gasteiger partial charge in [0.1, 0.15) is 11.5 Å². The molecule has 1 rings (SSSR count). The molecule has 0 spiro atoms. The maximum atomic E-state index is 13.4. The molecule has 2 atom stereocenters. The number of hydrogen-bond donors (Lipinski definition) is 0. The van der Waals surface area contributed by atoms with Gasteiger partial charge in [-0.1, -0.05) is 23.8 Å². The molecular formula is C17H23F3N2O3S. The van der Waals surface area contributed by atoms with Crippen molar-refractivity contribution in [1.29, 1.82) is 0 Å². The van der Waals surface area contributed by atoms with Crippen LogP contribution in [0, 0.1) is 5.92 Å². The third kappa shape index (κ3) is 8.18. The molecule has 0 amide bonds. The van der Waals surface area contributed by atoms with Gasteiger partial charge in [-0.05, 0) is 25.5 Å². The van der Waals surface area contributed by atoms with Crippen molar-refractivity contribution in [3.05, 3.63) is 30.1 Å². The van der Waals surface area contributed by atoms with E-state index in [-0.39, 0.29) is 23.8 Å². The molecular weight excluding hydrogens is 369 g/mol. The molecule has 0 saturated carbocycles. The van der Waals surface area contributed by atoms with Gasteiger partial charge >= 0.3 is 12.1 Å². The zero-order valence-electron chi connectivity index (χ0n) is 14.8. The monoisotopic (exact) mass is 392 g/mol. The van der Waals surface area contributed by atoms with Crippen LogP contribution in [0.15, 0.2) is 28.8 Å². The molecule has 9 heteroatoms. The van der Waals surface area contributed by atoms with E-state index in [1.54, 1.807) is 12.1 Å². The van der Waals surface area contributed by atoms with Gasteiger partial charge < -0.3 is 9.29 Å². The number of halogens is 3. The third-order valence-electron chi connectivity index (χ3n) is 3.47. The first-order chi connectivity index (χ1) is 12.3. The lowest BCUT2D eigenvalue weighted by molar-refractivity contribution is -0.182. The van der Waals surface area contributed by atoms with Crippen LogP contribution in [0.5, 0.6) is 0 Å². The molecule has 1 aromatic rings. The van der Waals surface area contributed by atoms with Gasteiger partial charge in [0.15, 0.2) is 0 Å². The summed E-state index contributed by atoms with van der Waals surface area (Å²) in [7, 11) is 0. The fraction of sp³-hybridized carbons (Fsp3) is 0.588. The SMILES string of the molecule is CCCC[S+]([O-])/N=C(/C[C@@H](CC(=O)OCC)C(F)(F)F)c1ccccn1. The van der Waals surface area contributed by atoms with E-state index >= 15 is 0 Å². The molecule has 0 aliphatic carbocycles. The van der Waals surface area contributed by atoms with Crippen molar-refractivity contribution in [2.75, 3.05) is 12.4 Å². The molecule has 0 radical (unpaired) electrons. The molecule has 5 nitrogen and oxygen atoms in total. The van der Waals surface area contributed by atoms with Crippen LogP contribution in [-0.4, -0.2) is 39.8 Å². The van der Waals surface area contributed by atoms with E-state index in [0.29, 0.717) is 6.42 Å². The van der Waals surface area contributed by atoms with E-state index in [9.17, 15) is 22.5 Å². The van der Waals surface area contributed by atoms with E-state index < -0.39 is 42.3 Å². The van der Waals surface area contributed by atoms with Crippen LogP contribution in [0.3, 0.4) is 0 Å². The van der Waals surface area contributed by atoms with Gasteiger partial charge in [-0.2, -0.15) is 13.2 Å². The summed E-state index contributed by atoms with van der Waals surface area (Å²) >= 11 is -1.65. The summed E-state index contributed by atoms with van der Waals surface area (Å²) in [6.45, 7) is 3.45. The largest absolute Gasteiger partial charge is 0.591 e. The maximum Gasteiger partial charge on any atom is 0.392 e. The highest BCUT2D eigenvalue weighted by atomic mass is 32.2. The first-order valence-electron chi connectivity index (χ1n) is 8.37. The molecule has 26 heavy (non-hydrogen) atoms. The zero-order chi connectivity index (χ0) is 19.6. The highest BCUT2D eigenvalue weighted by Gasteiger charge is 2.42. The first-order valence-corrected chi connectivity index (χ1v) is 9.65. The van der Waals surface area contributed by atoms with Gasteiger partial charge in [-0.15, -0.1) is 0 Å².